The van der Waals surface area contributed by atoms with Gasteiger partial charge in [-0.2, -0.15) is 0 Å². The van der Waals surface area contributed by atoms with E-state index < -0.39 is 5.54 Å². The molecule has 0 radical (unpaired) electrons. The molecule has 1 aromatic carbocycles. The lowest BCUT2D eigenvalue weighted by atomic mass is 9.77. The number of rotatable bonds is 4. The Labute approximate surface area is 112 Å². The van der Waals surface area contributed by atoms with Crippen molar-refractivity contribution in [1.29, 1.82) is 0 Å². The molecule has 100 valence electrons. The van der Waals surface area contributed by atoms with Crippen molar-refractivity contribution in [2.24, 2.45) is 5.92 Å². The zero-order valence-electron chi connectivity index (χ0n) is 11.4. The summed E-state index contributed by atoms with van der Waals surface area (Å²) in [6.45, 7) is 4.17. The lowest BCUT2D eigenvalue weighted by Gasteiger charge is -2.37. The third kappa shape index (κ3) is 2.36. The first-order chi connectivity index (χ1) is 9.11. The van der Waals surface area contributed by atoms with Gasteiger partial charge < -0.3 is 5.32 Å². The highest BCUT2D eigenvalue weighted by Gasteiger charge is 2.37. The van der Waals surface area contributed by atoms with Gasteiger partial charge in [-0.25, -0.2) is 14.4 Å². The van der Waals surface area contributed by atoms with Crippen molar-refractivity contribution in [3.05, 3.63) is 59.9 Å². The molecule has 19 heavy (non-hydrogen) atoms. The van der Waals surface area contributed by atoms with E-state index in [0.717, 1.165) is 11.3 Å². The number of hydrogen-bond acceptors (Lipinski definition) is 3. The maximum Gasteiger partial charge on any atom is 0.123 e. The van der Waals surface area contributed by atoms with Crippen molar-refractivity contribution >= 4 is 0 Å². The summed E-state index contributed by atoms with van der Waals surface area (Å²) >= 11 is 0. The number of nitrogens with zero attached hydrogens (tertiary/aromatic N) is 2. The summed E-state index contributed by atoms with van der Waals surface area (Å²) in [6.07, 6.45) is 3.22. The van der Waals surface area contributed by atoms with Crippen LogP contribution in [-0.2, 0) is 5.54 Å². The molecule has 0 bridgehead atoms. The molecular weight excluding hydrogens is 241 g/mol. The fourth-order valence-electron chi connectivity index (χ4n) is 2.60. The molecule has 0 fully saturated rings. The van der Waals surface area contributed by atoms with E-state index in [1.54, 1.807) is 18.3 Å². The van der Waals surface area contributed by atoms with E-state index >= 15 is 0 Å². The Morgan fingerprint density at radius 3 is 2.58 bits per heavy atom. The van der Waals surface area contributed by atoms with Crippen LogP contribution in [0, 0.1) is 11.7 Å². The molecule has 3 nitrogen and oxygen atoms in total. The Balaban J connectivity index is 2.65. The fourth-order valence-corrected chi connectivity index (χ4v) is 2.60. The number of benzene rings is 1. The van der Waals surface area contributed by atoms with Gasteiger partial charge in [-0.05, 0) is 36.7 Å². The van der Waals surface area contributed by atoms with Crippen LogP contribution >= 0.6 is 0 Å². The Morgan fingerprint density at radius 1 is 1.26 bits per heavy atom. The van der Waals surface area contributed by atoms with E-state index in [9.17, 15) is 4.39 Å². The Bertz CT molecular complexity index is 542. The second-order valence-corrected chi connectivity index (χ2v) is 4.82. The molecule has 1 aromatic heterocycles. The normalized spacial score (nSPS) is 14.4. The molecule has 2 aromatic rings. The number of nitrogens with one attached hydrogen (secondary N) is 1. The molecule has 0 spiro atoms. The van der Waals surface area contributed by atoms with Crippen LogP contribution in [0.4, 0.5) is 4.39 Å². The van der Waals surface area contributed by atoms with Crippen LogP contribution in [0.25, 0.3) is 0 Å². The molecule has 1 heterocycles. The summed E-state index contributed by atoms with van der Waals surface area (Å²) < 4.78 is 13.6. The minimum atomic E-state index is -0.523. The van der Waals surface area contributed by atoms with Crippen molar-refractivity contribution < 1.29 is 4.39 Å². The summed E-state index contributed by atoms with van der Waals surface area (Å²) in [5.41, 5.74) is 1.18. The third-order valence-electron chi connectivity index (χ3n) is 3.53. The molecule has 0 saturated heterocycles. The van der Waals surface area contributed by atoms with Crippen molar-refractivity contribution in [2.45, 2.75) is 19.4 Å². The van der Waals surface area contributed by atoms with Gasteiger partial charge in [-0.3, -0.25) is 0 Å². The molecule has 0 amide bonds. The SMILES string of the molecule is CNC(c1cccc(F)c1)(c1ccncn1)C(C)C. The van der Waals surface area contributed by atoms with Gasteiger partial charge in [0.15, 0.2) is 0 Å². The van der Waals surface area contributed by atoms with Gasteiger partial charge in [0.1, 0.15) is 12.1 Å². The molecule has 2 rings (SSSR count). The second-order valence-electron chi connectivity index (χ2n) is 4.82. The average Bonchev–Trinajstić information content (AvgIpc) is 2.41. The maximum atomic E-state index is 13.6. The van der Waals surface area contributed by atoms with Crippen LogP contribution in [0.15, 0.2) is 42.9 Å². The maximum absolute atomic E-state index is 13.6. The van der Waals surface area contributed by atoms with E-state index in [4.69, 9.17) is 0 Å². The number of hydrogen-bond donors (Lipinski definition) is 1. The summed E-state index contributed by atoms with van der Waals surface area (Å²) in [4.78, 5) is 8.30. The van der Waals surface area contributed by atoms with Gasteiger partial charge in [0.05, 0.1) is 11.2 Å². The Kier molecular flexibility index (Phi) is 3.90. The summed E-state index contributed by atoms with van der Waals surface area (Å²) in [5, 5.41) is 3.32. The smallest absolute Gasteiger partial charge is 0.123 e. The zero-order valence-corrected chi connectivity index (χ0v) is 11.4. The quantitative estimate of drug-likeness (QED) is 0.917. The molecule has 1 atom stereocenters. The predicted octanol–water partition coefficient (Wildman–Crippen LogP) is 2.73. The summed E-state index contributed by atoms with van der Waals surface area (Å²) in [6, 6.07) is 8.51. The van der Waals surface area contributed by atoms with Crippen LogP contribution in [0.5, 0.6) is 0 Å². The van der Waals surface area contributed by atoms with Crippen LogP contribution < -0.4 is 5.32 Å². The van der Waals surface area contributed by atoms with Crippen LogP contribution in [-0.4, -0.2) is 17.0 Å². The van der Waals surface area contributed by atoms with E-state index in [2.05, 4.69) is 29.1 Å². The van der Waals surface area contributed by atoms with Crippen molar-refractivity contribution in [1.82, 2.24) is 15.3 Å². The van der Waals surface area contributed by atoms with Crippen molar-refractivity contribution in [3.8, 4) is 0 Å². The predicted molar refractivity (Wildman–Crippen MR) is 73.1 cm³/mol. The highest BCUT2D eigenvalue weighted by Crippen LogP contribution is 2.35. The Hall–Kier alpha value is -1.81. The highest BCUT2D eigenvalue weighted by molar-refractivity contribution is 5.35. The summed E-state index contributed by atoms with van der Waals surface area (Å²) in [5.74, 6) is -0.0407. The van der Waals surface area contributed by atoms with Crippen molar-refractivity contribution in [3.63, 3.8) is 0 Å². The van der Waals surface area contributed by atoms with Gasteiger partial charge in [0.25, 0.3) is 0 Å². The van der Waals surface area contributed by atoms with Gasteiger partial charge in [0.2, 0.25) is 0 Å². The average molecular weight is 259 g/mol. The Morgan fingerprint density at radius 2 is 2.05 bits per heavy atom. The number of halogens is 1. The highest BCUT2D eigenvalue weighted by atomic mass is 19.1. The van der Waals surface area contributed by atoms with Gasteiger partial charge in [0, 0.05) is 6.20 Å². The topological polar surface area (TPSA) is 37.8 Å². The second kappa shape index (κ2) is 5.45. The third-order valence-corrected chi connectivity index (χ3v) is 3.53. The molecular formula is C15H18FN3. The lowest BCUT2D eigenvalue weighted by Crippen LogP contribution is -2.46. The van der Waals surface area contributed by atoms with Crippen LogP contribution in [0.1, 0.15) is 25.1 Å². The van der Waals surface area contributed by atoms with Crippen LogP contribution in [0.3, 0.4) is 0 Å². The van der Waals surface area contributed by atoms with E-state index in [-0.39, 0.29) is 11.7 Å². The van der Waals surface area contributed by atoms with Crippen molar-refractivity contribution in [2.75, 3.05) is 7.05 Å². The minimum absolute atomic E-state index is 0.203. The van der Waals surface area contributed by atoms with E-state index in [1.165, 1.54) is 12.4 Å². The van der Waals surface area contributed by atoms with Gasteiger partial charge in [-0.15, -0.1) is 0 Å². The molecule has 1 N–H and O–H groups in total. The first kappa shape index (κ1) is 13.6. The zero-order chi connectivity index (χ0) is 13.9. The molecule has 0 aliphatic rings. The fraction of sp³-hybridized carbons (Fsp3) is 0.333. The van der Waals surface area contributed by atoms with Crippen LogP contribution in [0.2, 0.25) is 0 Å². The standard InChI is InChI=1S/C15H18FN3/c1-11(2)15(17-3,14-7-8-18-10-19-14)12-5-4-6-13(16)9-12/h4-11,17H,1-3H3. The number of aromatic nitrogens is 2. The van der Waals surface area contributed by atoms with Gasteiger partial charge in [-0.1, -0.05) is 26.0 Å². The molecule has 0 aliphatic carbocycles. The lowest BCUT2D eigenvalue weighted by molar-refractivity contribution is 0.307. The van der Waals surface area contributed by atoms with Gasteiger partial charge >= 0.3 is 0 Å². The molecule has 4 heteroatoms. The summed E-state index contributed by atoms with van der Waals surface area (Å²) in [7, 11) is 1.87. The first-order valence-corrected chi connectivity index (χ1v) is 6.32. The molecule has 0 aliphatic heterocycles. The monoisotopic (exact) mass is 259 g/mol. The minimum Gasteiger partial charge on any atom is -0.305 e. The van der Waals surface area contributed by atoms with E-state index in [0.29, 0.717) is 0 Å². The largest absolute Gasteiger partial charge is 0.305 e. The first-order valence-electron chi connectivity index (χ1n) is 6.32. The molecule has 0 saturated carbocycles. The molecule has 1 unspecified atom stereocenters. The van der Waals surface area contributed by atoms with E-state index in [1.807, 2.05) is 19.2 Å².